The Morgan fingerprint density at radius 3 is 2.55 bits per heavy atom. The average Bonchev–Trinajstić information content (AvgIpc) is 3.48. The van der Waals surface area contributed by atoms with E-state index in [9.17, 15) is 4.79 Å². The molecule has 5 nitrogen and oxygen atoms in total. The molecule has 2 aromatic heterocycles. The van der Waals surface area contributed by atoms with Crippen molar-refractivity contribution in [3.63, 3.8) is 0 Å². The number of ether oxygens (including phenoxy) is 1. The van der Waals surface area contributed by atoms with Crippen molar-refractivity contribution >= 4 is 28.3 Å². The summed E-state index contributed by atoms with van der Waals surface area (Å²) in [5.41, 5.74) is 3.36. The maximum atomic E-state index is 12.6. The van der Waals surface area contributed by atoms with E-state index in [-0.39, 0.29) is 11.9 Å². The van der Waals surface area contributed by atoms with Crippen LogP contribution in [0.4, 0.5) is 0 Å². The first-order valence-corrected chi connectivity index (χ1v) is 12.4. The molecule has 1 unspecified atom stereocenters. The number of para-hydroxylation sites is 2. The lowest BCUT2D eigenvalue weighted by Crippen LogP contribution is -2.28. The van der Waals surface area contributed by atoms with E-state index in [4.69, 9.17) is 9.72 Å². The fourth-order valence-electron chi connectivity index (χ4n) is 3.91. The van der Waals surface area contributed by atoms with Crippen molar-refractivity contribution in [2.24, 2.45) is 0 Å². The van der Waals surface area contributed by atoms with Crippen molar-refractivity contribution in [2.75, 3.05) is 6.61 Å². The Balaban J connectivity index is 1.37. The number of aryl methyl sites for hydroxylation is 1. The van der Waals surface area contributed by atoms with Crippen LogP contribution in [0.3, 0.4) is 0 Å². The van der Waals surface area contributed by atoms with E-state index in [1.165, 1.54) is 16.9 Å². The number of hydrogen-bond acceptors (Lipinski definition) is 4. The van der Waals surface area contributed by atoms with Crippen LogP contribution in [-0.2, 0) is 6.54 Å². The van der Waals surface area contributed by atoms with Crippen molar-refractivity contribution in [1.82, 2.24) is 14.9 Å². The van der Waals surface area contributed by atoms with Crippen LogP contribution in [0.25, 0.3) is 11.0 Å². The second-order valence-electron chi connectivity index (χ2n) is 8.56. The maximum Gasteiger partial charge on any atom is 0.261 e. The molecule has 2 heterocycles. The lowest BCUT2D eigenvalue weighted by atomic mass is 10.0. The Bertz CT molecular complexity index is 1180. The molecule has 0 bridgehead atoms. The molecule has 33 heavy (non-hydrogen) atoms. The first-order chi connectivity index (χ1) is 16.0. The number of amides is 1. The van der Waals surface area contributed by atoms with Gasteiger partial charge in [0.15, 0.2) is 0 Å². The first-order valence-electron chi connectivity index (χ1n) is 11.5. The highest BCUT2D eigenvalue weighted by molar-refractivity contribution is 7.12. The number of nitrogens with zero attached hydrogens (tertiary/aromatic N) is 2. The van der Waals surface area contributed by atoms with Crippen LogP contribution in [0.15, 0.2) is 66.0 Å². The molecule has 0 aliphatic heterocycles. The van der Waals surface area contributed by atoms with Crippen molar-refractivity contribution in [1.29, 1.82) is 0 Å². The number of benzene rings is 2. The average molecular weight is 462 g/mol. The summed E-state index contributed by atoms with van der Waals surface area (Å²) in [5, 5.41) is 5.01. The highest BCUT2D eigenvalue weighted by Crippen LogP contribution is 2.23. The second kappa shape index (κ2) is 10.7. The maximum absolute atomic E-state index is 12.6. The number of nitrogens with one attached hydrogen (secondary N) is 1. The Hall–Kier alpha value is -3.12. The first kappa shape index (κ1) is 23.1. The molecule has 2 aromatic carbocycles. The monoisotopic (exact) mass is 461 g/mol. The minimum Gasteiger partial charge on any atom is -0.494 e. The van der Waals surface area contributed by atoms with E-state index in [2.05, 4.69) is 54.1 Å². The van der Waals surface area contributed by atoms with Gasteiger partial charge in [-0.05, 0) is 67.0 Å². The highest BCUT2D eigenvalue weighted by Gasteiger charge is 2.19. The molecule has 0 saturated heterocycles. The lowest BCUT2D eigenvalue weighted by Gasteiger charge is -2.16. The number of unbranched alkanes of at least 4 members (excludes halogenated alkanes) is 1. The van der Waals surface area contributed by atoms with Gasteiger partial charge in [0.25, 0.3) is 5.91 Å². The van der Waals surface area contributed by atoms with Crippen LogP contribution >= 0.6 is 11.3 Å². The van der Waals surface area contributed by atoms with Crippen molar-refractivity contribution < 1.29 is 9.53 Å². The highest BCUT2D eigenvalue weighted by atomic mass is 32.1. The van der Waals surface area contributed by atoms with Gasteiger partial charge in [0, 0.05) is 6.54 Å². The largest absolute Gasteiger partial charge is 0.494 e. The summed E-state index contributed by atoms with van der Waals surface area (Å²) in [7, 11) is 0. The molecule has 1 amide bonds. The molecule has 0 spiro atoms. The fourth-order valence-corrected chi connectivity index (χ4v) is 4.54. The summed E-state index contributed by atoms with van der Waals surface area (Å²) in [6.07, 6.45) is 1.90. The number of imidazole rings is 1. The molecule has 4 aromatic rings. The van der Waals surface area contributed by atoms with Crippen molar-refractivity contribution in [3.05, 3.63) is 82.3 Å². The zero-order chi connectivity index (χ0) is 23.2. The number of fused-ring (bicyclic) bond motifs is 1. The van der Waals surface area contributed by atoms with Gasteiger partial charge in [0.1, 0.15) is 11.6 Å². The normalized spacial score (nSPS) is 12.2. The van der Waals surface area contributed by atoms with Crippen LogP contribution in [0.2, 0.25) is 0 Å². The molecule has 172 valence electrons. The van der Waals surface area contributed by atoms with E-state index >= 15 is 0 Å². The summed E-state index contributed by atoms with van der Waals surface area (Å²) in [4.78, 5) is 18.1. The third-order valence-electron chi connectivity index (χ3n) is 5.76. The minimum atomic E-state index is -0.192. The minimum absolute atomic E-state index is 0.0620. The van der Waals surface area contributed by atoms with Gasteiger partial charge in [-0.1, -0.05) is 44.2 Å². The molecule has 1 N–H and O–H groups in total. The fraction of sp³-hybridized carbons (Fsp3) is 0.333. The second-order valence-corrected chi connectivity index (χ2v) is 9.51. The Morgan fingerprint density at radius 1 is 1.03 bits per heavy atom. The summed E-state index contributed by atoms with van der Waals surface area (Å²) in [6, 6.07) is 20.0. The van der Waals surface area contributed by atoms with Crippen LogP contribution in [-0.4, -0.2) is 22.1 Å². The van der Waals surface area contributed by atoms with Crippen LogP contribution in [0, 0.1) is 0 Å². The van der Waals surface area contributed by atoms with Gasteiger partial charge < -0.3 is 14.6 Å². The number of carbonyl (C=O) groups excluding carboxylic acids is 1. The molecule has 0 radical (unpaired) electrons. The van der Waals surface area contributed by atoms with Gasteiger partial charge in [-0.3, -0.25) is 4.79 Å². The van der Waals surface area contributed by atoms with Crippen molar-refractivity contribution in [3.8, 4) is 5.75 Å². The molecule has 0 saturated carbocycles. The summed E-state index contributed by atoms with van der Waals surface area (Å²) < 4.78 is 8.17. The zero-order valence-electron chi connectivity index (χ0n) is 19.5. The van der Waals surface area contributed by atoms with E-state index in [1.807, 2.05) is 42.6 Å². The number of rotatable bonds is 10. The standard InChI is InChI=1S/C27H31N3O2S/c1-19(2)21-12-14-22(15-13-21)32-17-7-6-16-30-24-10-5-4-9-23(24)29-26(30)20(3)28-27(31)25-11-8-18-33-25/h4-5,8-15,18-20H,6-7,16-17H2,1-3H3,(H,28,31). The number of aromatic nitrogens is 2. The third kappa shape index (κ3) is 5.63. The lowest BCUT2D eigenvalue weighted by molar-refractivity contribution is 0.0941. The van der Waals surface area contributed by atoms with E-state index in [0.29, 0.717) is 17.4 Å². The quantitative estimate of drug-likeness (QED) is 0.272. The predicted octanol–water partition coefficient (Wildman–Crippen LogP) is 6.57. The molecular formula is C27H31N3O2S. The molecular weight excluding hydrogens is 430 g/mol. The molecule has 0 aliphatic carbocycles. The van der Waals surface area contributed by atoms with Gasteiger partial charge >= 0.3 is 0 Å². The van der Waals surface area contributed by atoms with E-state index in [1.54, 1.807) is 0 Å². The van der Waals surface area contributed by atoms with Crippen LogP contribution in [0.5, 0.6) is 5.75 Å². The van der Waals surface area contributed by atoms with Gasteiger partial charge in [0.2, 0.25) is 0 Å². The number of thiophene rings is 1. The summed E-state index contributed by atoms with van der Waals surface area (Å²) in [6.45, 7) is 7.88. The molecule has 0 aliphatic rings. The summed E-state index contributed by atoms with van der Waals surface area (Å²) in [5.74, 6) is 2.26. The third-order valence-corrected chi connectivity index (χ3v) is 6.62. The van der Waals surface area contributed by atoms with Gasteiger partial charge in [-0.2, -0.15) is 0 Å². The zero-order valence-corrected chi connectivity index (χ0v) is 20.3. The van der Waals surface area contributed by atoms with E-state index < -0.39 is 0 Å². The molecule has 4 rings (SSSR count). The Labute approximate surface area is 199 Å². The Morgan fingerprint density at radius 2 is 1.82 bits per heavy atom. The van der Waals surface area contributed by atoms with E-state index in [0.717, 1.165) is 42.0 Å². The SMILES string of the molecule is CC(C)c1ccc(OCCCCn2c(C(C)NC(=O)c3cccs3)nc3ccccc32)cc1. The van der Waals surface area contributed by atoms with Crippen LogP contribution < -0.4 is 10.1 Å². The van der Waals surface area contributed by atoms with Crippen molar-refractivity contribution in [2.45, 2.75) is 52.1 Å². The molecule has 6 heteroatoms. The smallest absolute Gasteiger partial charge is 0.261 e. The Kier molecular flexibility index (Phi) is 7.45. The molecule has 1 atom stereocenters. The topological polar surface area (TPSA) is 56.1 Å². The van der Waals surface area contributed by atoms with Gasteiger partial charge in [-0.25, -0.2) is 4.98 Å². The molecule has 0 fully saturated rings. The predicted molar refractivity (Wildman–Crippen MR) is 135 cm³/mol. The number of hydrogen-bond donors (Lipinski definition) is 1. The van der Waals surface area contributed by atoms with Gasteiger partial charge in [0.05, 0.1) is 28.6 Å². The summed E-state index contributed by atoms with van der Waals surface area (Å²) >= 11 is 1.44. The van der Waals surface area contributed by atoms with Crippen LogP contribution in [0.1, 0.15) is 66.6 Å². The van der Waals surface area contributed by atoms with Gasteiger partial charge in [-0.15, -0.1) is 11.3 Å². The number of carbonyl (C=O) groups is 1.